The third kappa shape index (κ3) is 6.00. The number of unbranched alkanes of at least 4 members (excludes halogenated alkanes) is 5. The van der Waals surface area contributed by atoms with Gasteiger partial charge in [0.25, 0.3) is 0 Å². The van der Waals surface area contributed by atoms with E-state index in [9.17, 15) is 0 Å². The van der Waals surface area contributed by atoms with E-state index in [0.29, 0.717) is 0 Å². The van der Waals surface area contributed by atoms with E-state index in [1.165, 1.54) is 25.7 Å². The largest absolute Gasteiger partial charge is 0.0533 e. The molecule has 0 unspecified atom stereocenters. The Labute approximate surface area is 53.3 Å². The van der Waals surface area contributed by atoms with Crippen LogP contribution < -0.4 is 0 Å². The van der Waals surface area contributed by atoms with Crippen molar-refractivity contribution >= 4 is 0 Å². The monoisotopic (exact) mass is 112 g/mol. The Morgan fingerprint density at radius 2 is 1.00 bits per heavy atom. The Morgan fingerprint density at radius 1 is 0.625 bits per heavy atom. The van der Waals surface area contributed by atoms with Gasteiger partial charge in [-0.15, -0.1) is 0 Å². The van der Waals surface area contributed by atoms with Crippen LogP contribution in [0, 0.1) is 13.8 Å². The number of hydrogen-bond acceptors (Lipinski definition) is 0. The molecule has 2 radical (unpaired) electrons. The maximum absolute atomic E-state index is 3.77. The Balaban J connectivity index is 2.53. The van der Waals surface area contributed by atoms with E-state index < -0.39 is 0 Å². The summed E-state index contributed by atoms with van der Waals surface area (Å²) in [5, 5.41) is 0. The zero-order valence-electron chi connectivity index (χ0n) is 5.66. The highest BCUT2D eigenvalue weighted by Crippen LogP contribution is 2.02. The Bertz CT molecular complexity index is 25.0. The summed E-state index contributed by atoms with van der Waals surface area (Å²) in [5.74, 6) is 0. The van der Waals surface area contributed by atoms with Crippen molar-refractivity contribution in [1.29, 1.82) is 0 Å². The molecule has 0 spiro atoms. The second-order valence-electron chi connectivity index (χ2n) is 2.12. The molecule has 0 heteroatoms. The first-order valence-electron chi connectivity index (χ1n) is 3.50. The lowest BCUT2D eigenvalue weighted by atomic mass is 10.1. The highest BCUT2D eigenvalue weighted by molar-refractivity contribution is 4.46. The molecule has 0 nitrogen and oxygen atoms in total. The molecule has 0 aromatic heterocycles. The van der Waals surface area contributed by atoms with Gasteiger partial charge in [-0.3, -0.25) is 0 Å². The summed E-state index contributed by atoms with van der Waals surface area (Å²) in [7, 11) is 0. The van der Waals surface area contributed by atoms with Gasteiger partial charge >= 0.3 is 0 Å². The fraction of sp³-hybridized carbons (Fsp3) is 0.750. The third-order valence-corrected chi connectivity index (χ3v) is 1.25. The van der Waals surface area contributed by atoms with Gasteiger partial charge in [-0.05, 0) is 0 Å². The van der Waals surface area contributed by atoms with Crippen molar-refractivity contribution in [3.05, 3.63) is 13.8 Å². The van der Waals surface area contributed by atoms with E-state index in [1.54, 1.807) is 0 Å². The second kappa shape index (κ2) is 7.00. The van der Waals surface area contributed by atoms with Crippen molar-refractivity contribution in [2.45, 2.75) is 38.5 Å². The van der Waals surface area contributed by atoms with Crippen molar-refractivity contribution in [1.82, 2.24) is 0 Å². The lowest BCUT2D eigenvalue weighted by molar-refractivity contribution is 0.651. The van der Waals surface area contributed by atoms with E-state index in [4.69, 9.17) is 0 Å². The van der Waals surface area contributed by atoms with Crippen molar-refractivity contribution in [2.75, 3.05) is 0 Å². The molecule has 0 aromatic carbocycles. The average Bonchev–Trinajstić information content (AvgIpc) is 1.81. The molecule has 0 atom stereocenters. The standard InChI is InChI=1S/C8H16/c1-3-5-7-8-6-4-2/h1-8H2. The van der Waals surface area contributed by atoms with Crippen LogP contribution in [-0.2, 0) is 0 Å². The maximum atomic E-state index is 3.77. The molecule has 8 heavy (non-hydrogen) atoms. The van der Waals surface area contributed by atoms with E-state index in [-0.39, 0.29) is 0 Å². The summed E-state index contributed by atoms with van der Waals surface area (Å²) < 4.78 is 0. The van der Waals surface area contributed by atoms with Gasteiger partial charge in [0.05, 0.1) is 0 Å². The molecule has 0 fully saturated rings. The SMILES string of the molecule is [CH2]CCCCCC[CH2]. The highest BCUT2D eigenvalue weighted by Gasteiger charge is 1.83. The summed E-state index contributed by atoms with van der Waals surface area (Å²) in [4.78, 5) is 0. The van der Waals surface area contributed by atoms with Crippen LogP contribution in [0.1, 0.15) is 38.5 Å². The molecule has 0 aliphatic rings. The molecule has 0 heterocycles. The summed E-state index contributed by atoms with van der Waals surface area (Å²) in [6.45, 7) is 7.54. The third-order valence-electron chi connectivity index (χ3n) is 1.25. The molecule has 0 aliphatic heterocycles. The van der Waals surface area contributed by atoms with Gasteiger partial charge in [0, 0.05) is 0 Å². The minimum atomic E-state index is 1.09. The van der Waals surface area contributed by atoms with Gasteiger partial charge in [-0.1, -0.05) is 52.4 Å². The normalized spacial score (nSPS) is 9.75. The predicted molar refractivity (Wildman–Crippen MR) is 38.4 cm³/mol. The summed E-state index contributed by atoms with van der Waals surface area (Å²) in [6, 6.07) is 0. The van der Waals surface area contributed by atoms with Gasteiger partial charge in [0.2, 0.25) is 0 Å². The molecule has 0 saturated carbocycles. The Morgan fingerprint density at radius 3 is 1.25 bits per heavy atom. The van der Waals surface area contributed by atoms with Gasteiger partial charge in [0.1, 0.15) is 0 Å². The van der Waals surface area contributed by atoms with Crippen LogP contribution in [-0.4, -0.2) is 0 Å². The Hall–Kier alpha value is 0. The van der Waals surface area contributed by atoms with E-state index in [2.05, 4.69) is 13.8 Å². The van der Waals surface area contributed by atoms with Gasteiger partial charge < -0.3 is 0 Å². The van der Waals surface area contributed by atoms with Crippen molar-refractivity contribution < 1.29 is 0 Å². The zero-order chi connectivity index (χ0) is 6.24. The van der Waals surface area contributed by atoms with Crippen LogP contribution in [0.2, 0.25) is 0 Å². The number of hydrogen-bond donors (Lipinski definition) is 0. The van der Waals surface area contributed by atoms with Crippen molar-refractivity contribution in [3.8, 4) is 0 Å². The molecular formula is C8H16. The minimum Gasteiger partial charge on any atom is -0.0533 e. The van der Waals surface area contributed by atoms with Crippen LogP contribution in [0.5, 0.6) is 0 Å². The first-order chi connectivity index (χ1) is 3.91. The molecule has 48 valence electrons. The molecule has 0 N–H and O–H groups in total. The molecule has 0 saturated heterocycles. The fourth-order valence-corrected chi connectivity index (χ4v) is 0.707. The minimum absolute atomic E-state index is 1.09. The predicted octanol–water partition coefficient (Wildman–Crippen LogP) is 3.00. The summed E-state index contributed by atoms with van der Waals surface area (Å²) >= 11 is 0. The smallest absolute Gasteiger partial charge is 0.0533 e. The van der Waals surface area contributed by atoms with Crippen LogP contribution >= 0.6 is 0 Å². The van der Waals surface area contributed by atoms with E-state index >= 15 is 0 Å². The second-order valence-corrected chi connectivity index (χ2v) is 2.12. The highest BCUT2D eigenvalue weighted by atomic mass is 13.9. The molecule has 0 aliphatic carbocycles. The van der Waals surface area contributed by atoms with Crippen LogP contribution in [0.4, 0.5) is 0 Å². The zero-order valence-corrected chi connectivity index (χ0v) is 5.66. The van der Waals surface area contributed by atoms with E-state index in [1.807, 2.05) is 0 Å². The van der Waals surface area contributed by atoms with Gasteiger partial charge in [-0.2, -0.15) is 0 Å². The van der Waals surface area contributed by atoms with Crippen LogP contribution in [0.3, 0.4) is 0 Å². The van der Waals surface area contributed by atoms with E-state index in [0.717, 1.165) is 12.8 Å². The molecule has 0 amide bonds. The first-order valence-corrected chi connectivity index (χ1v) is 3.50. The van der Waals surface area contributed by atoms with Crippen LogP contribution in [0.25, 0.3) is 0 Å². The maximum Gasteiger partial charge on any atom is -0.0533 e. The lowest BCUT2D eigenvalue weighted by Gasteiger charge is -1.93. The first kappa shape index (κ1) is 8.00. The summed E-state index contributed by atoms with van der Waals surface area (Å²) in [5.41, 5.74) is 0. The molecule has 0 rings (SSSR count). The molecular weight excluding hydrogens is 96.1 g/mol. The van der Waals surface area contributed by atoms with Gasteiger partial charge in [-0.25, -0.2) is 0 Å². The topological polar surface area (TPSA) is 0 Å². The number of rotatable bonds is 5. The van der Waals surface area contributed by atoms with Crippen molar-refractivity contribution in [2.24, 2.45) is 0 Å². The molecule has 0 aromatic rings. The fourth-order valence-electron chi connectivity index (χ4n) is 0.707. The molecule has 0 bridgehead atoms. The van der Waals surface area contributed by atoms with Gasteiger partial charge in [0.15, 0.2) is 0 Å². The van der Waals surface area contributed by atoms with Crippen LogP contribution in [0.15, 0.2) is 0 Å². The van der Waals surface area contributed by atoms with Crippen molar-refractivity contribution in [3.63, 3.8) is 0 Å². The quantitative estimate of drug-likeness (QED) is 0.479. The average molecular weight is 112 g/mol. The Kier molecular flexibility index (Phi) is 7.00. The lowest BCUT2D eigenvalue weighted by Crippen LogP contribution is -1.74. The summed E-state index contributed by atoms with van der Waals surface area (Å²) in [6.07, 6.45) is 7.46.